The van der Waals surface area contributed by atoms with Crippen molar-refractivity contribution in [3.05, 3.63) is 18.0 Å². The zero-order valence-corrected chi connectivity index (χ0v) is 11.0. The Bertz CT molecular complexity index is 426. The summed E-state index contributed by atoms with van der Waals surface area (Å²) in [4.78, 5) is 11.9. The average Bonchev–Trinajstić information content (AvgIpc) is 3.11. The van der Waals surface area contributed by atoms with E-state index in [4.69, 9.17) is 0 Å². The molecule has 100 valence electrons. The molecule has 1 aromatic rings. The third-order valence-corrected chi connectivity index (χ3v) is 3.56. The highest BCUT2D eigenvalue weighted by atomic mass is 16.3. The Labute approximate surface area is 107 Å². The number of hydrogen-bond acceptors (Lipinski definition) is 3. The van der Waals surface area contributed by atoms with Gasteiger partial charge in [-0.2, -0.15) is 5.10 Å². The number of carbonyl (C=O) groups excluding carboxylic acids is 1. The fourth-order valence-electron chi connectivity index (χ4n) is 2.18. The largest absolute Gasteiger partial charge is 0.394 e. The van der Waals surface area contributed by atoms with Crippen molar-refractivity contribution in [1.29, 1.82) is 0 Å². The fraction of sp³-hybridized carbons (Fsp3) is 0.692. The normalized spacial score (nSPS) is 18.4. The summed E-state index contributed by atoms with van der Waals surface area (Å²) < 4.78 is 1.77. The zero-order valence-electron chi connectivity index (χ0n) is 11.0. The second-order valence-electron chi connectivity index (χ2n) is 5.43. The number of aromatic nitrogens is 2. The Balaban J connectivity index is 1.81. The first-order valence-corrected chi connectivity index (χ1v) is 6.44. The van der Waals surface area contributed by atoms with Gasteiger partial charge in [-0.05, 0) is 38.2 Å². The van der Waals surface area contributed by atoms with Crippen molar-refractivity contribution in [2.45, 2.75) is 45.2 Å². The number of nitrogens with zero attached hydrogens (tertiary/aromatic N) is 2. The summed E-state index contributed by atoms with van der Waals surface area (Å²) in [7, 11) is 0. The third kappa shape index (κ3) is 3.10. The molecule has 0 radical (unpaired) electrons. The second-order valence-corrected chi connectivity index (χ2v) is 5.43. The van der Waals surface area contributed by atoms with Crippen LogP contribution in [0.25, 0.3) is 0 Å². The van der Waals surface area contributed by atoms with E-state index >= 15 is 0 Å². The molecular formula is C13H21N3O2. The summed E-state index contributed by atoms with van der Waals surface area (Å²) in [6, 6.07) is 0. The summed E-state index contributed by atoms with van der Waals surface area (Å²) >= 11 is 0. The maximum atomic E-state index is 11.9. The monoisotopic (exact) mass is 251 g/mol. The molecule has 2 N–H and O–H groups in total. The Hall–Kier alpha value is -1.36. The molecule has 0 aromatic carbocycles. The molecule has 1 heterocycles. The van der Waals surface area contributed by atoms with Crippen LogP contribution in [0.2, 0.25) is 0 Å². The van der Waals surface area contributed by atoms with E-state index in [1.54, 1.807) is 10.9 Å². The van der Waals surface area contributed by atoms with Gasteiger partial charge in [-0.15, -0.1) is 0 Å². The topological polar surface area (TPSA) is 67.2 Å². The molecule has 1 amide bonds. The van der Waals surface area contributed by atoms with Gasteiger partial charge in [-0.1, -0.05) is 0 Å². The molecule has 18 heavy (non-hydrogen) atoms. The lowest BCUT2D eigenvalue weighted by molar-refractivity contribution is -0.124. The van der Waals surface area contributed by atoms with Crippen LogP contribution in [0.5, 0.6) is 0 Å². The minimum atomic E-state index is -0.447. The highest BCUT2D eigenvalue weighted by Gasteiger charge is 2.41. The van der Waals surface area contributed by atoms with E-state index in [1.165, 1.54) is 0 Å². The average molecular weight is 251 g/mol. The molecule has 0 spiro atoms. The van der Waals surface area contributed by atoms with Crippen LogP contribution in [0, 0.1) is 12.8 Å². The standard InChI is InChI=1S/C13H21N3O2/c1-10-7-14-16(8-10)6-5-12(18)15-13(2,9-17)11-3-4-11/h7-8,11,17H,3-6,9H2,1-2H3,(H,15,18). The molecule has 0 saturated heterocycles. The van der Waals surface area contributed by atoms with E-state index in [-0.39, 0.29) is 12.5 Å². The van der Waals surface area contributed by atoms with Gasteiger partial charge >= 0.3 is 0 Å². The molecule has 0 aliphatic heterocycles. The van der Waals surface area contributed by atoms with Crippen LogP contribution in [0.4, 0.5) is 0 Å². The van der Waals surface area contributed by atoms with Gasteiger partial charge in [0.05, 0.1) is 18.3 Å². The summed E-state index contributed by atoms with van der Waals surface area (Å²) in [5.41, 5.74) is 0.644. The SMILES string of the molecule is Cc1cnn(CCC(=O)NC(C)(CO)C2CC2)c1. The summed E-state index contributed by atoms with van der Waals surface area (Å²) in [5.74, 6) is 0.407. The van der Waals surface area contributed by atoms with Gasteiger partial charge in [-0.3, -0.25) is 9.48 Å². The minimum Gasteiger partial charge on any atom is -0.394 e. The number of aliphatic hydroxyl groups is 1. The first-order valence-electron chi connectivity index (χ1n) is 6.44. The van der Waals surface area contributed by atoms with Crippen molar-refractivity contribution in [1.82, 2.24) is 15.1 Å². The van der Waals surface area contributed by atoms with Crippen molar-refractivity contribution in [2.75, 3.05) is 6.61 Å². The van der Waals surface area contributed by atoms with Crippen LogP contribution in [0.3, 0.4) is 0 Å². The van der Waals surface area contributed by atoms with E-state index in [9.17, 15) is 9.90 Å². The zero-order chi connectivity index (χ0) is 13.2. The maximum Gasteiger partial charge on any atom is 0.222 e. The van der Waals surface area contributed by atoms with E-state index in [1.807, 2.05) is 20.0 Å². The fourth-order valence-corrected chi connectivity index (χ4v) is 2.18. The lowest BCUT2D eigenvalue weighted by atomic mass is 9.97. The van der Waals surface area contributed by atoms with Crippen molar-refractivity contribution in [2.24, 2.45) is 5.92 Å². The van der Waals surface area contributed by atoms with E-state index in [0.29, 0.717) is 18.9 Å². The molecule has 2 rings (SSSR count). The maximum absolute atomic E-state index is 11.9. The van der Waals surface area contributed by atoms with Crippen LogP contribution in [0.15, 0.2) is 12.4 Å². The highest BCUT2D eigenvalue weighted by molar-refractivity contribution is 5.76. The second kappa shape index (κ2) is 5.10. The van der Waals surface area contributed by atoms with Crippen molar-refractivity contribution in [3.8, 4) is 0 Å². The number of aliphatic hydroxyl groups excluding tert-OH is 1. The van der Waals surface area contributed by atoms with E-state index in [2.05, 4.69) is 10.4 Å². The Morgan fingerprint density at radius 2 is 2.39 bits per heavy atom. The van der Waals surface area contributed by atoms with Crippen LogP contribution in [0.1, 0.15) is 31.7 Å². The number of rotatable bonds is 6. The smallest absolute Gasteiger partial charge is 0.222 e. The first-order chi connectivity index (χ1) is 8.53. The number of carbonyl (C=O) groups is 1. The Morgan fingerprint density at radius 1 is 1.67 bits per heavy atom. The van der Waals surface area contributed by atoms with Crippen LogP contribution in [-0.2, 0) is 11.3 Å². The van der Waals surface area contributed by atoms with Gasteiger partial charge in [0.15, 0.2) is 0 Å². The van der Waals surface area contributed by atoms with Gasteiger partial charge < -0.3 is 10.4 Å². The molecule has 1 atom stereocenters. The molecule has 1 saturated carbocycles. The van der Waals surface area contributed by atoms with Crippen molar-refractivity contribution < 1.29 is 9.90 Å². The van der Waals surface area contributed by atoms with Gasteiger partial charge in [0.2, 0.25) is 5.91 Å². The van der Waals surface area contributed by atoms with Crippen molar-refractivity contribution in [3.63, 3.8) is 0 Å². The molecule has 1 aromatic heterocycles. The quantitative estimate of drug-likeness (QED) is 0.788. The number of amides is 1. The number of nitrogens with one attached hydrogen (secondary N) is 1. The summed E-state index contributed by atoms with van der Waals surface area (Å²) in [5, 5.41) is 16.5. The molecule has 0 bridgehead atoms. The Morgan fingerprint density at radius 3 is 2.89 bits per heavy atom. The Kier molecular flexibility index (Phi) is 3.71. The van der Waals surface area contributed by atoms with Crippen LogP contribution >= 0.6 is 0 Å². The van der Waals surface area contributed by atoms with Gasteiger partial charge in [0.1, 0.15) is 0 Å². The predicted molar refractivity (Wildman–Crippen MR) is 67.9 cm³/mol. The summed E-state index contributed by atoms with van der Waals surface area (Å²) in [6.07, 6.45) is 6.27. The van der Waals surface area contributed by atoms with Crippen molar-refractivity contribution >= 4 is 5.91 Å². The number of aryl methyl sites for hydroxylation is 2. The van der Waals surface area contributed by atoms with E-state index in [0.717, 1.165) is 18.4 Å². The molecule has 1 fully saturated rings. The molecule has 1 aliphatic rings. The molecule has 5 heteroatoms. The lowest BCUT2D eigenvalue weighted by Crippen LogP contribution is -2.50. The highest BCUT2D eigenvalue weighted by Crippen LogP contribution is 2.39. The summed E-state index contributed by atoms with van der Waals surface area (Å²) in [6.45, 7) is 4.47. The van der Waals surface area contributed by atoms with Gasteiger partial charge in [0, 0.05) is 19.2 Å². The molecule has 1 unspecified atom stereocenters. The third-order valence-electron chi connectivity index (χ3n) is 3.56. The van der Waals surface area contributed by atoms with E-state index < -0.39 is 5.54 Å². The van der Waals surface area contributed by atoms with Gasteiger partial charge in [0.25, 0.3) is 0 Å². The molecule has 5 nitrogen and oxygen atoms in total. The van der Waals surface area contributed by atoms with Gasteiger partial charge in [-0.25, -0.2) is 0 Å². The number of hydrogen-bond donors (Lipinski definition) is 2. The van der Waals surface area contributed by atoms with Crippen LogP contribution < -0.4 is 5.32 Å². The molecule has 1 aliphatic carbocycles. The van der Waals surface area contributed by atoms with Crippen LogP contribution in [-0.4, -0.2) is 32.9 Å². The first kappa shape index (κ1) is 13.1. The lowest BCUT2D eigenvalue weighted by Gasteiger charge is -2.28. The molecular weight excluding hydrogens is 230 g/mol. The predicted octanol–water partition coefficient (Wildman–Crippen LogP) is 0.859. The minimum absolute atomic E-state index is 0.00425.